The zero-order valence-electron chi connectivity index (χ0n) is 10.6. The number of benzene rings is 2. The van der Waals surface area contributed by atoms with Crippen molar-refractivity contribution in [3.63, 3.8) is 0 Å². The molecule has 3 nitrogen and oxygen atoms in total. The average molecular weight is 261 g/mol. The van der Waals surface area contributed by atoms with Crippen molar-refractivity contribution in [2.24, 2.45) is 0 Å². The van der Waals surface area contributed by atoms with E-state index < -0.39 is 0 Å². The molecule has 0 unspecified atom stereocenters. The zero-order valence-corrected chi connectivity index (χ0v) is 10.6. The van der Waals surface area contributed by atoms with Crippen LogP contribution in [-0.4, -0.2) is 4.98 Å². The fraction of sp³-hybridized carbons (Fsp3) is 0. The van der Waals surface area contributed by atoms with E-state index in [0.29, 0.717) is 11.1 Å². The molecule has 1 N–H and O–H groups in total. The summed E-state index contributed by atoms with van der Waals surface area (Å²) in [5.41, 5.74) is 2.34. The maximum Gasteiger partial charge on any atom is 0.346 e. The van der Waals surface area contributed by atoms with Crippen LogP contribution in [0.3, 0.4) is 0 Å². The number of rotatable bonds is 1. The van der Waals surface area contributed by atoms with Crippen molar-refractivity contribution in [1.29, 1.82) is 0 Å². The first-order valence-corrected chi connectivity index (χ1v) is 6.43. The maximum absolute atomic E-state index is 12.3. The van der Waals surface area contributed by atoms with Gasteiger partial charge in [-0.25, -0.2) is 4.79 Å². The van der Waals surface area contributed by atoms with Crippen LogP contribution >= 0.6 is 0 Å². The third kappa shape index (κ3) is 1.57. The molecular formula is C17H11NO2. The number of aromatic amines is 1. The average Bonchev–Trinajstić information content (AvgIpc) is 2.87. The molecule has 0 bridgehead atoms. The molecule has 2 aromatic heterocycles. The number of hydrogen-bond acceptors (Lipinski definition) is 2. The fourth-order valence-electron chi connectivity index (χ4n) is 2.55. The Morgan fingerprint density at radius 2 is 1.60 bits per heavy atom. The summed E-state index contributed by atoms with van der Waals surface area (Å²) in [5, 5.41) is 1.51. The second-order valence-corrected chi connectivity index (χ2v) is 4.72. The van der Waals surface area contributed by atoms with Crippen LogP contribution in [0.25, 0.3) is 33.1 Å². The largest absolute Gasteiger partial charge is 0.422 e. The first-order chi connectivity index (χ1) is 9.83. The van der Waals surface area contributed by atoms with Gasteiger partial charge in [0.25, 0.3) is 0 Å². The molecule has 4 rings (SSSR count). The third-order valence-corrected chi connectivity index (χ3v) is 3.48. The minimum absolute atomic E-state index is 0.307. The van der Waals surface area contributed by atoms with Crippen LogP contribution in [0.1, 0.15) is 0 Å². The third-order valence-electron chi connectivity index (χ3n) is 3.48. The minimum Gasteiger partial charge on any atom is -0.422 e. The van der Waals surface area contributed by atoms with E-state index in [1.54, 1.807) is 0 Å². The Kier molecular flexibility index (Phi) is 2.27. The molecule has 96 valence electrons. The quantitative estimate of drug-likeness (QED) is 0.564. The summed E-state index contributed by atoms with van der Waals surface area (Å²) in [6, 6.07) is 19.2. The number of hydrogen-bond donors (Lipinski definition) is 1. The summed E-state index contributed by atoms with van der Waals surface area (Å²) in [6.45, 7) is 0. The Morgan fingerprint density at radius 3 is 2.45 bits per heavy atom. The molecule has 4 aromatic rings. The Morgan fingerprint density at radius 1 is 0.850 bits per heavy atom. The van der Waals surface area contributed by atoms with Crippen LogP contribution in [0.2, 0.25) is 0 Å². The predicted octanol–water partition coefficient (Wildman–Crippen LogP) is 3.94. The van der Waals surface area contributed by atoms with Crippen molar-refractivity contribution < 1.29 is 4.42 Å². The molecule has 0 radical (unpaired) electrons. The van der Waals surface area contributed by atoms with Gasteiger partial charge in [0.2, 0.25) is 0 Å². The van der Waals surface area contributed by atoms with Gasteiger partial charge in [-0.1, -0.05) is 48.5 Å². The molecule has 0 spiro atoms. The highest BCUT2D eigenvalue weighted by molar-refractivity contribution is 6.06. The van der Waals surface area contributed by atoms with Crippen LogP contribution in [0.15, 0.2) is 69.9 Å². The lowest BCUT2D eigenvalue weighted by Gasteiger charge is -1.99. The molecule has 0 fully saturated rings. The van der Waals surface area contributed by atoms with Crippen LogP contribution in [0.4, 0.5) is 0 Å². The van der Waals surface area contributed by atoms with Gasteiger partial charge < -0.3 is 9.40 Å². The van der Waals surface area contributed by atoms with Gasteiger partial charge in [-0.2, -0.15) is 0 Å². The molecule has 0 saturated carbocycles. The summed E-state index contributed by atoms with van der Waals surface area (Å²) in [7, 11) is 0. The lowest BCUT2D eigenvalue weighted by molar-refractivity contribution is 0.535. The van der Waals surface area contributed by atoms with Gasteiger partial charge in [-0.05, 0) is 6.07 Å². The van der Waals surface area contributed by atoms with Gasteiger partial charge in [0.15, 0.2) is 0 Å². The molecule has 0 atom stereocenters. The Bertz CT molecular complexity index is 965. The Hall–Kier alpha value is -2.81. The van der Waals surface area contributed by atoms with Crippen molar-refractivity contribution in [2.75, 3.05) is 0 Å². The fourth-order valence-corrected chi connectivity index (χ4v) is 2.55. The summed E-state index contributed by atoms with van der Waals surface area (Å²) in [5.74, 6) is 0.578. The molecule has 3 heteroatoms. The first kappa shape index (κ1) is 11.1. The van der Waals surface area contributed by atoms with E-state index in [1.165, 1.54) is 0 Å². The maximum atomic E-state index is 12.3. The van der Waals surface area contributed by atoms with Gasteiger partial charge in [0.1, 0.15) is 5.76 Å². The van der Waals surface area contributed by atoms with E-state index in [0.717, 1.165) is 22.0 Å². The molecule has 0 aliphatic rings. The van der Waals surface area contributed by atoms with Crippen LogP contribution < -0.4 is 5.63 Å². The van der Waals surface area contributed by atoms with Crippen molar-refractivity contribution in [1.82, 2.24) is 4.98 Å². The summed E-state index contributed by atoms with van der Waals surface area (Å²) in [6.07, 6.45) is 0. The van der Waals surface area contributed by atoms with Crippen molar-refractivity contribution >= 4 is 21.8 Å². The first-order valence-electron chi connectivity index (χ1n) is 6.43. The molecule has 0 aliphatic heterocycles. The highest BCUT2D eigenvalue weighted by Gasteiger charge is 2.11. The number of aromatic nitrogens is 1. The summed E-state index contributed by atoms with van der Waals surface area (Å²) >= 11 is 0. The topological polar surface area (TPSA) is 46.0 Å². The van der Waals surface area contributed by atoms with Gasteiger partial charge in [-0.3, -0.25) is 0 Å². The highest BCUT2D eigenvalue weighted by atomic mass is 16.4. The molecule has 0 saturated heterocycles. The smallest absolute Gasteiger partial charge is 0.346 e. The van der Waals surface area contributed by atoms with Crippen molar-refractivity contribution in [3.05, 3.63) is 71.1 Å². The van der Waals surface area contributed by atoms with E-state index in [9.17, 15) is 4.79 Å². The summed E-state index contributed by atoms with van der Waals surface area (Å²) in [4.78, 5) is 15.5. The molecule has 20 heavy (non-hydrogen) atoms. The van der Waals surface area contributed by atoms with E-state index in [2.05, 4.69) is 4.98 Å². The van der Waals surface area contributed by atoms with Gasteiger partial charge in [0.05, 0.1) is 10.9 Å². The second-order valence-electron chi connectivity index (χ2n) is 4.72. The van der Waals surface area contributed by atoms with Crippen molar-refractivity contribution in [2.45, 2.75) is 0 Å². The van der Waals surface area contributed by atoms with Crippen LogP contribution in [0.5, 0.6) is 0 Å². The SMILES string of the molecule is O=c1oc(-c2ccccc2)cc2[nH]c3ccccc3c12. The highest BCUT2D eigenvalue weighted by Crippen LogP contribution is 2.26. The lowest BCUT2D eigenvalue weighted by atomic mass is 10.1. The standard InChI is InChI=1S/C17H11NO2/c19-17-16-12-8-4-5-9-13(12)18-14(16)10-15(20-17)11-6-2-1-3-7-11/h1-10,18H. The normalized spacial score (nSPS) is 11.2. The predicted molar refractivity (Wildman–Crippen MR) is 79.8 cm³/mol. The molecule has 0 amide bonds. The van der Waals surface area contributed by atoms with E-state index in [-0.39, 0.29) is 5.63 Å². The minimum atomic E-state index is -0.307. The van der Waals surface area contributed by atoms with Gasteiger partial charge in [-0.15, -0.1) is 0 Å². The van der Waals surface area contributed by atoms with Gasteiger partial charge >= 0.3 is 5.63 Å². The number of nitrogens with one attached hydrogen (secondary N) is 1. The number of fused-ring (bicyclic) bond motifs is 3. The Balaban J connectivity index is 2.09. The molecular weight excluding hydrogens is 250 g/mol. The van der Waals surface area contributed by atoms with Gasteiger partial charge in [0, 0.05) is 22.5 Å². The molecule has 2 aromatic carbocycles. The molecule has 2 heterocycles. The summed E-state index contributed by atoms with van der Waals surface area (Å²) < 4.78 is 5.47. The lowest BCUT2D eigenvalue weighted by Crippen LogP contribution is -1.99. The van der Waals surface area contributed by atoms with Crippen LogP contribution in [-0.2, 0) is 0 Å². The number of para-hydroxylation sites is 1. The van der Waals surface area contributed by atoms with Crippen molar-refractivity contribution in [3.8, 4) is 11.3 Å². The zero-order chi connectivity index (χ0) is 13.5. The second kappa shape index (κ2) is 4.10. The molecule has 0 aliphatic carbocycles. The number of H-pyrrole nitrogens is 1. The van der Waals surface area contributed by atoms with E-state index >= 15 is 0 Å². The van der Waals surface area contributed by atoms with Crippen LogP contribution in [0, 0.1) is 0 Å². The van der Waals surface area contributed by atoms with E-state index in [4.69, 9.17) is 4.42 Å². The van der Waals surface area contributed by atoms with E-state index in [1.807, 2.05) is 60.7 Å². The Labute approximate surface area is 114 Å². The monoisotopic (exact) mass is 261 g/mol.